The van der Waals surface area contributed by atoms with E-state index in [-0.39, 0.29) is 0 Å². The quantitative estimate of drug-likeness (QED) is 0.761. The van der Waals surface area contributed by atoms with E-state index in [1.807, 2.05) is 18.2 Å². The Hall–Kier alpha value is -2.20. The standard InChI is InChI=1S/C18H23NO3/c1-20-16-10-9-15(17(21-2)18(16)22-3)13-19-12-11-14-7-5-4-6-8-14/h4-10,19H,11-13H2,1-3H3. The monoisotopic (exact) mass is 301 g/mol. The van der Waals surface area contributed by atoms with Crippen molar-refractivity contribution in [3.63, 3.8) is 0 Å². The highest BCUT2D eigenvalue weighted by Gasteiger charge is 2.15. The smallest absolute Gasteiger partial charge is 0.203 e. The van der Waals surface area contributed by atoms with Crippen LogP contribution >= 0.6 is 0 Å². The maximum Gasteiger partial charge on any atom is 0.203 e. The zero-order valence-electron chi connectivity index (χ0n) is 13.4. The number of benzene rings is 2. The van der Waals surface area contributed by atoms with Crippen molar-refractivity contribution in [2.75, 3.05) is 27.9 Å². The number of hydrogen-bond acceptors (Lipinski definition) is 4. The van der Waals surface area contributed by atoms with Crippen molar-refractivity contribution in [3.05, 3.63) is 53.6 Å². The van der Waals surface area contributed by atoms with E-state index < -0.39 is 0 Å². The van der Waals surface area contributed by atoms with E-state index in [1.165, 1.54) is 5.56 Å². The van der Waals surface area contributed by atoms with Crippen LogP contribution in [0.5, 0.6) is 17.2 Å². The molecule has 1 N–H and O–H groups in total. The van der Waals surface area contributed by atoms with E-state index in [2.05, 4.69) is 29.6 Å². The van der Waals surface area contributed by atoms with E-state index >= 15 is 0 Å². The Kier molecular flexibility index (Phi) is 6.10. The van der Waals surface area contributed by atoms with Crippen LogP contribution in [0.1, 0.15) is 11.1 Å². The number of ether oxygens (including phenoxy) is 3. The molecule has 0 aromatic heterocycles. The topological polar surface area (TPSA) is 39.7 Å². The lowest BCUT2D eigenvalue weighted by Gasteiger charge is -2.16. The zero-order chi connectivity index (χ0) is 15.8. The molecule has 0 spiro atoms. The van der Waals surface area contributed by atoms with E-state index in [1.54, 1.807) is 21.3 Å². The number of methoxy groups -OCH3 is 3. The molecule has 2 aromatic carbocycles. The molecule has 2 aromatic rings. The first kappa shape index (κ1) is 16.2. The largest absolute Gasteiger partial charge is 0.493 e. The Morgan fingerprint density at radius 2 is 1.55 bits per heavy atom. The predicted molar refractivity (Wildman–Crippen MR) is 88.0 cm³/mol. The van der Waals surface area contributed by atoms with Gasteiger partial charge in [-0.1, -0.05) is 36.4 Å². The third-order valence-corrected chi connectivity index (χ3v) is 3.53. The molecule has 0 unspecified atom stereocenters. The van der Waals surface area contributed by atoms with Crippen molar-refractivity contribution in [1.29, 1.82) is 0 Å². The van der Waals surface area contributed by atoms with Crippen molar-refractivity contribution < 1.29 is 14.2 Å². The van der Waals surface area contributed by atoms with E-state index in [0.717, 1.165) is 25.1 Å². The third-order valence-electron chi connectivity index (χ3n) is 3.53. The molecule has 0 heterocycles. The van der Waals surface area contributed by atoms with Gasteiger partial charge >= 0.3 is 0 Å². The van der Waals surface area contributed by atoms with Crippen LogP contribution in [0.15, 0.2) is 42.5 Å². The summed E-state index contributed by atoms with van der Waals surface area (Å²) in [5, 5.41) is 3.44. The van der Waals surface area contributed by atoms with Crippen molar-refractivity contribution in [3.8, 4) is 17.2 Å². The van der Waals surface area contributed by atoms with Gasteiger partial charge in [0.25, 0.3) is 0 Å². The van der Waals surface area contributed by atoms with Crippen LogP contribution in [0.4, 0.5) is 0 Å². The highest BCUT2D eigenvalue weighted by atomic mass is 16.5. The van der Waals surface area contributed by atoms with Crippen LogP contribution in [0.2, 0.25) is 0 Å². The lowest BCUT2D eigenvalue weighted by molar-refractivity contribution is 0.321. The molecule has 0 saturated carbocycles. The molecule has 118 valence electrons. The second-order valence-electron chi connectivity index (χ2n) is 4.91. The summed E-state index contributed by atoms with van der Waals surface area (Å²) >= 11 is 0. The van der Waals surface area contributed by atoms with Crippen LogP contribution < -0.4 is 19.5 Å². The van der Waals surface area contributed by atoms with Gasteiger partial charge in [0.1, 0.15) is 0 Å². The van der Waals surface area contributed by atoms with Gasteiger partial charge in [0.2, 0.25) is 5.75 Å². The molecule has 0 fully saturated rings. The second-order valence-corrected chi connectivity index (χ2v) is 4.91. The number of nitrogens with one attached hydrogen (secondary N) is 1. The molecule has 0 atom stereocenters. The summed E-state index contributed by atoms with van der Waals surface area (Å²) in [5.41, 5.74) is 2.38. The molecule has 0 saturated heterocycles. The highest BCUT2D eigenvalue weighted by molar-refractivity contribution is 5.55. The summed E-state index contributed by atoms with van der Waals surface area (Å²) < 4.78 is 16.2. The third kappa shape index (κ3) is 3.92. The second kappa shape index (κ2) is 8.29. The minimum absolute atomic E-state index is 0.632. The Labute approximate surface area is 132 Å². The van der Waals surface area contributed by atoms with Gasteiger partial charge in [-0.3, -0.25) is 0 Å². The fourth-order valence-electron chi connectivity index (χ4n) is 2.40. The van der Waals surface area contributed by atoms with E-state index in [9.17, 15) is 0 Å². The molecular formula is C18H23NO3. The normalized spacial score (nSPS) is 10.3. The fraction of sp³-hybridized carbons (Fsp3) is 0.333. The maximum atomic E-state index is 5.48. The van der Waals surface area contributed by atoms with Crippen LogP contribution in [-0.2, 0) is 13.0 Å². The van der Waals surface area contributed by atoms with Crippen molar-refractivity contribution in [2.45, 2.75) is 13.0 Å². The first-order valence-corrected chi connectivity index (χ1v) is 7.32. The summed E-state index contributed by atoms with van der Waals surface area (Å²) in [5.74, 6) is 2.02. The fourth-order valence-corrected chi connectivity index (χ4v) is 2.40. The average Bonchev–Trinajstić information content (AvgIpc) is 2.58. The Balaban J connectivity index is 1.97. The van der Waals surface area contributed by atoms with Gasteiger partial charge in [-0.25, -0.2) is 0 Å². The lowest BCUT2D eigenvalue weighted by Crippen LogP contribution is -2.17. The van der Waals surface area contributed by atoms with Crippen molar-refractivity contribution in [1.82, 2.24) is 5.32 Å². The van der Waals surface area contributed by atoms with Gasteiger partial charge in [0.05, 0.1) is 21.3 Å². The molecule has 4 heteroatoms. The van der Waals surface area contributed by atoms with E-state index in [4.69, 9.17) is 14.2 Å². The van der Waals surface area contributed by atoms with Gasteiger partial charge in [-0.05, 0) is 24.6 Å². The highest BCUT2D eigenvalue weighted by Crippen LogP contribution is 2.39. The summed E-state index contributed by atoms with van der Waals surface area (Å²) in [6.45, 7) is 1.62. The Bertz CT molecular complexity index is 584. The first-order chi connectivity index (χ1) is 10.8. The SMILES string of the molecule is COc1ccc(CNCCc2ccccc2)c(OC)c1OC. The zero-order valence-corrected chi connectivity index (χ0v) is 13.4. The van der Waals surface area contributed by atoms with Crippen LogP contribution in [0.3, 0.4) is 0 Å². The van der Waals surface area contributed by atoms with Gasteiger partial charge in [-0.15, -0.1) is 0 Å². The van der Waals surface area contributed by atoms with Gasteiger partial charge in [0, 0.05) is 12.1 Å². The summed E-state index contributed by atoms with van der Waals surface area (Å²) in [4.78, 5) is 0. The summed E-state index contributed by atoms with van der Waals surface area (Å²) in [7, 11) is 4.88. The van der Waals surface area contributed by atoms with Gasteiger partial charge in [0.15, 0.2) is 11.5 Å². The molecule has 4 nitrogen and oxygen atoms in total. The van der Waals surface area contributed by atoms with Crippen LogP contribution in [-0.4, -0.2) is 27.9 Å². The molecule has 0 bridgehead atoms. The minimum Gasteiger partial charge on any atom is -0.493 e. The van der Waals surface area contributed by atoms with Gasteiger partial charge in [-0.2, -0.15) is 0 Å². The van der Waals surface area contributed by atoms with Crippen molar-refractivity contribution in [2.24, 2.45) is 0 Å². The maximum absolute atomic E-state index is 5.48. The molecular weight excluding hydrogens is 278 g/mol. The molecule has 0 aliphatic carbocycles. The molecule has 22 heavy (non-hydrogen) atoms. The molecule has 0 aliphatic rings. The van der Waals surface area contributed by atoms with Gasteiger partial charge < -0.3 is 19.5 Å². The number of hydrogen-bond donors (Lipinski definition) is 1. The first-order valence-electron chi connectivity index (χ1n) is 7.32. The van der Waals surface area contributed by atoms with Crippen LogP contribution in [0.25, 0.3) is 0 Å². The summed E-state index contributed by atoms with van der Waals surface area (Å²) in [6.07, 6.45) is 0.996. The average molecular weight is 301 g/mol. The molecule has 0 amide bonds. The number of rotatable bonds is 8. The predicted octanol–water partition coefficient (Wildman–Crippen LogP) is 3.04. The van der Waals surface area contributed by atoms with E-state index in [0.29, 0.717) is 17.2 Å². The Morgan fingerprint density at radius 1 is 0.818 bits per heavy atom. The minimum atomic E-state index is 0.632. The van der Waals surface area contributed by atoms with Crippen molar-refractivity contribution >= 4 is 0 Å². The molecule has 0 radical (unpaired) electrons. The lowest BCUT2D eigenvalue weighted by atomic mass is 10.1. The summed E-state index contributed by atoms with van der Waals surface area (Å²) in [6, 6.07) is 14.3. The Morgan fingerprint density at radius 3 is 2.18 bits per heavy atom. The molecule has 0 aliphatic heterocycles. The molecule has 2 rings (SSSR count). The van der Waals surface area contributed by atoms with Crippen LogP contribution in [0, 0.1) is 0 Å².